The fourth-order valence-electron chi connectivity index (χ4n) is 1.34. The average molecular weight is 448 g/mol. The minimum Gasteiger partial charge on any atom is -0.479 e. The molecule has 0 saturated carbocycles. The largest absolute Gasteiger partial charge is 0.479 e. The van der Waals surface area contributed by atoms with Crippen LogP contribution in [0.5, 0.6) is 0 Å². The van der Waals surface area contributed by atoms with Crippen molar-refractivity contribution in [2.24, 2.45) is 0 Å². The van der Waals surface area contributed by atoms with Crippen LogP contribution >= 0.6 is 0 Å². The molecule has 0 spiro atoms. The third-order valence-corrected chi connectivity index (χ3v) is 3.02. The molecule has 14 nitrogen and oxygen atoms in total. The van der Waals surface area contributed by atoms with Gasteiger partial charge in [0.1, 0.15) is 36.6 Å². The molecule has 0 aromatic carbocycles. The van der Waals surface area contributed by atoms with Crippen LogP contribution in [0.15, 0.2) is 0 Å². The van der Waals surface area contributed by atoms with Crippen LogP contribution in [-0.2, 0) is 26.7 Å². The molecule has 164 valence electrons. The third-order valence-electron chi connectivity index (χ3n) is 3.02. The summed E-state index contributed by atoms with van der Waals surface area (Å²) in [6, 6.07) is 0. The van der Waals surface area contributed by atoms with E-state index in [-0.39, 0.29) is 17.1 Å². The van der Waals surface area contributed by atoms with Gasteiger partial charge in [-0.3, -0.25) is 0 Å². The van der Waals surface area contributed by atoms with Gasteiger partial charge in [0.25, 0.3) is 0 Å². The van der Waals surface area contributed by atoms with E-state index in [1.807, 2.05) is 0 Å². The molecule has 8 atom stereocenters. The number of aliphatic carboxylic acids is 2. The fourth-order valence-corrected chi connectivity index (χ4v) is 1.34. The maximum Gasteiger partial charge on any atom is 0.335 e. The number of carboxylic acids is 2. The Morgan fingerprint density at radius 2 is 0.778 bits per heavy atom. The van der Waals surface area contributed by atoms with E-state index in [9.17, 15) is 9.59 Å². The normalized spacial score (nSPS) is 19.6. The van der Waals surface area contributed by atoms with Gasteiger partial charge < -0.3 is 61.3 Å². The first-order valence-corrected chi connectivity index (χ1v) is 6.95. The molecule has 0 unspecified atom stereocenters. The van der Waals surface area contributed by atoms with Gasteiger partial charge in [-0.05, 0) is 0 Å². The van der Waals surface area contributed by atoms with E-state index in [0.29, 0.717) is 0 Å². The van der Waals surface area contributed by atoms with Crippen molar-refractivity contribution in [1.29, 1.82) is 0 Å². The molecule has 0 saturated heterocycles. The first kappa shape index (κ1) is 30.8. The van der Waals surface area contributed by atoms with Crippen molar-refractivity contribution in [1.82, 2.24) is 0 Å². The zero-order valence-electron chi connectivity index (χ0n) is 13.6. The van der Waals surface area contributed by atoms with E-state index >= 15 is 0 Å². The molecule has 15 heteroatoms. The summed E-state index contributed by atoms with van der Waals surface area (Å²) in [6.45, 7) is -1.69. The summed E-state index contributed by atoms with van der Waals surface area (Å²) in [6.07, 6.45) is -15.7. The number of hydrogen-bond donors (Lipinski definition) is 12. The summed E-state index contributed by atoms with van der Waals surface area (Å²) < 4.78 is 0. The Kier molecular flexibility index (Phi) is 17.1. The van der Waals surface area contributed by atoms with E-state index in [0.717, 1.165) is 0 Å². The first-order valence-electron chi connectivity index (χ1n) is 6.95. The minimum atomic E-state index is -2.20. The van der Waals surface area contributed by atoms with Crippen molar-refractivity contribution in [3.8, 4) is 0 Å². The van der Waals surface area contributed by atoms with Gasteiger partial charge in [0.05, 0.1) is 13.2 Å². The van der Waals surface area contributed by atoms with Gasteiger partial charge in [-0.1, -0.05) is 0 Å². The molecule has 27 heavy (non-hydrogen) atoms. The van der Waals surface area contributed by atoms with Gasteiger partial charge in [0, 0.05) is 17.1 Å². The van der Waals surface area contributed by atoms with Crippen LogP contribution in [0.4, 0.5) is 0 Å². The summed E-state index contributed by atoms with van der Waals surface area (Å²) in [5.41, 5.74) is 0. The molecular weight excluding hydrogens is 424 g/mol. The smallest absolute Gasteiger partial charge is 0.335 e. The van der Waals surface area contributed by atoms with E-state index in [4.69, 9.17) is 61.3 Å². The number of rotatable bonds is 10. The van der Waals surface area contributed by atoms with Gasteiger partial charge in [-0.15, -0.1) is 0 Å². The van der Waals surface area contributed by atoms with Crippen molar-refractivity contribution < 1.29 is 87.9 Å². The molecule has 0 bridgehead atoms. The number of aliphatic hydroxyl groups excluding tert-OH is 10. The Hall–Kier alpha value is -0.941. The Morgan fingerprint density at radius 1 is 0.556 bits per heavy atom. The van der Waals surface area contributed by atoms with Crippen LogP contribution in [0, 0.1) is 0 Å². The first-order chi connectivity index (χ1) is 11.8. The van der Waals surface area contributed by atoms with Crippen molar-refractivity contribution in [2.75, 3.05) is 13.2 Å². The quantitative estimate of drug-likeness (QED) is 0.138. The van der Waals surface area contributed by atoms with E-state index < -0.39 is 74.0 Å². The third kappa shape index (κ3) is 10.8. The molecule has 0 aliphatic heterocycles. The second-order valence-electron chi connectivity index (χ2n) is 5.03. The Balaban J connectivity index is -0.000000411. The predicted molar refractivity (Wildman–Crippen MR) is 77.5 cm³/mol. The van der Waals surface area contributed by atoms with Gasteiger partial charge in [0.15, 0.2) is 12.2 Å². The number of carbonyl (C=O) groups is 2. The summed E-state index contributed by atoms with van der Waals surface area (Å²) in [4.78, 5) is 20.2. The Morgan fingerprint density at radius 3 is 0.926 bits per heavy atom. The minimum absolute atomic E-state index is 0. The molecule has 0 fully saturated rings. The molecule has 12 N–H and O–H groups in total. The van der Waals surface area contributed by atoms with Crippen LogP contribution in [0.3, 0.4) is 0 Å². The van der Waals surface area contributed by atoms with Crippen LogP contribution in [0.2, 0.25) is 0 Å². The zero-order chi connectivity index (χ0) is 21.2. The Bertz CT molecular complexity index is 385. The van der Waals surface area contributed by atoms with Gasteiger partial charge in [-0.25, -0.2) is 9.59 Å². The summed E-state index contributed by atoms with van der Waals surface area (Å²) in [5.74, 6) is -3.45. The Labute approximate surface area is 162 Å². The molecule has 0 aromatic heterocycles. The molecule has 0 amide bonds. The number of hydrogen-bond acceptors (Lipinski definition) is 12. The van der Waals surface area contributed by atoms with Crippen molar-refractivity contribution in [2.45, 2.75) is 48.8 Å². The second-order valence-corrected chi connectivity index (χ2v) is 5.03. The molecule has 0 aliphatic carbocycles. The maximum absolute atomic E-state index is 10.1. The SMILES string of the molecule is O=C(O)[C@H](O)[C@H](O)[C@@H](O)[C@@H](O)CO.O=C(O)[C@H](O)[C@H](O)[C@@H](O)[C@@H](O)CO.[Fe]. The van der Waals surface area contributed by atoms with Gasteiger partial charge in [0.2, 0.25) is 0 Å². The fraction of sp³-hybridized carbons (Fsp3) is 0.833. The van der Waals surface area contributed by atoms with Crippen LogP contribution < -0.4 is 0 Å². The monoisotopic (exact) mass is 448 g/mol. The van der Waals surface area contributed by atoms with Crippen LogP contribution in [-0.4, -0.2) is 135 Å². The second kappa shape index (κ2) is 15.0. The molecule has 0 aromatic rings. The molecule has 0 heterocycles. The summed E-state index contributed by atoms with van der Waals surface area (Å²) in [7, 11) is 0. The van der Waals surface area contributed by atoms with Crippen molar-refractivity contribution >= 4 is 11.9 Å². The predicted octanol–water partition coefficient (Wildman–Crippen LogP) is -6.99. The number of aliphatic hydroxyl groups is 10. The number of carboxylic acid groups (broad SMARTS) is 2. The van der Waals surface area contributed by atoms with Crippen LogP contribution in [0.1, 0.15) is 0 Å². The molecule has 0 radical (unpaired) electrons. The van der Waals surface area contributed by atoms with Gasteiger partial charge in [-0.2, -0.15) is 0 Å². The summed E-state index contributed by atoms with van der Waals surface area (Å²) in [5, 5.41) is 104. The molecule has 0 rings (SSSR count). The van der Waals surface area contributed by atoms with E-state index in [1.165, 1.54) is 0 Å². The van der Waals surface area contributed by atoms with Gasteiger partial charge >= 0.3 is 11.9 Å². The molecular formula is C12H24FeO14. The van der Waals surface area contributed by atoms with Crippen LogP contribution in [0.25, 0.3) is 0 Å². The molecule has 0 aliphatic rings. The standard InChI is InChI=1S/2C6H12O7.Fe/c2*7-1-2(8)3(9)4(10)5(11)6(12)13;/h2*2-5,7-11H,1H2,(H,12,13);/t2*2-,3-,4+,5+;/m00./s1. The van der Waals surface area contributed by atoms with Crippen molar-refractivity contribution in [3.05, 3.63) is 0 Å². The topological polar surface area (TPSA) is 277 Å². The van der Waals surface area contributed by atoms with E-state index in [1.54, 1.807) is 0 Å². The maximum atomic E-state index is 10.1. The zero-order valence-corrected chi connectivity index (χ0v) is 14.7. The average Bonchev–Trinajstić information content (AvgIpc) is 2.62. The van der Waals surface area contributed by atoms with E-state index in [2.05, 4.69) is 0 Å². The summed E-state index contributed by atoms with van der Waals surface area (Å²) >= 11 is 0. The van der Waals surface area contributed by atoms with Crippen molar-refractivity contribution in [3.63, 3.8) is 0 Å².